The molecule has 2 aromatic heterocycles. The van der Waals surface area contributed by atoms with Crippen molar-refractivity contribution < 1.29 is 14.0 Å². The number of carbonyl (C=O) groups excluding carboxylic acids is 2. The molecule has 3 aromatic rings. The zero-order valence-electron chi connectivity index (χ0n) is 17.4. The summed E-state index contributed by atoms with van der Waals surface area (Å²) in [5, 5.41) is 13.1. The summed E-state index contributed by atoms with van der Waals surface area (Å²) in [6.45, 7) is 4.18. The number of thiophene rings is 1. The van der Waals surface area contributed by atoms with Crippen molar-refractivity contribution in [2.75, 3.05) is 29.9 Å². The van der Waals surface area contributed by atoms with Crippen LogP contribution in [0.3, 0.4) is 0 Å². The van der Waals surface area contributed by atoms with E-state index in [4.69, 9.17) is 4.42 Å². The van der Waals surface area contributed by atoms with Crippen molar-refractivity contribution in [2.45, 2.75) is 32.7 Å². The molecule has 0 saturated carbocycles. The van der Waals surface area contributed by atoms with Crippen LogP contribution in [0, 0.1) is 0 Å². The van der Waals surface area contributed by atoms with Gasteiger partial charge in [-0.15, -0.1) is 21.5 Å². The molecule has 8 nitrogen and oxygen atoms in total. The van der Waals surface area contributed by atoms with Gasteiger partial charge in [-0.1, -0.05) is 13.0 Å². The van der Waals surface area contributed by atoms with Gasteiger partial charge in [0.2, 0.25) is 17.7 Å². The first kappa shape index (κ1) is 21.2. The summed E-state index contributed by atoms with van der Waals surface area (Å²) in [5.41, 5.74) is 1.57. The number of nitrogens with zero attached hydrogens (tertiary/aromatic N) is 4. The van der Waals surface area contributed by atoms with Crippen molar-refractivity contribution in [3.05, 3.63) is 47.7 Å². The van der Waals surface area contributed by atoms with Crippen LogP contribution in [0.1, 0.15) is 32.1 Å². The third kappa shape index (κ3) is 5.36. The van der Waals surface area contributed by atoms with Crippen molar-refractivity contribution in [3.63, 3.8) is 0 Å². The second-order valence-corrected chi connectivity index (χ2v) is 8.38. The Hall–Kier alpha value is -3.04. The molecule has 0 unspecified atom stereocenters. The van der Waals surface area contributed by atoms with Gasteiger partial charge < -0.3 is 14.6 Å². The second-order valence-electron chi connectivity index (χ2n) is 7.43. The van der Waals surface area contributed by atoms with Gasteiger partial charge in [0.05, 0.1) is 18.0 Å². The molecular formula is C22H25N5O3S. The third-order valence-electron chi connectivity index (χ3n) is 5.00. The van der Waals surface area contributed by atoms with E-state index in [0.717, 1.165) is 36.5 Å². The van der Waals surface area contributed by atoms with Crippen LogP contribution >= 0.6 is 11.3 Å². The maximum absolute atomic E-state index is 12.6. The predicted octanol–water partition coefficient (Wildman–Crippen LogP) is 3.78. The average Bonchev–Trinajstić information content (AvgIpc) is 3.50. The lowest BCUT2D eigenvalue weighted by atomic mass is 10.2. The van der Waals surface area contributed by atoms with Gasteiger partial charge in [-0.2, -0.15) is 0 Å². The normalized spacial score (nSPS) is 13.9. The van der Waals surface area contributed by atoms with E-state index in [1.165, 1.54) is 0 Å². The van der Waals surface area contributed by atoms with Crippen molar-refractivity contribution in [1.82, 2.24) is 15.1 Å². The summed E-state index contributed by atoms with van der Waals surface area (Å²) in [7, 11) is 0. The molecule has 0 bridgehead atoms. The molecule has 162 valence electrons. The Bertz CT molecular complexity index is 1020. The molecule has 31 heavy (non-hydrogen) atoms. The smallest absolute Gasteiger partial charge is 0.257 e. The number of carbonyl (C=O) groups is 2. The largest absolute Gasteiger partial charge is 0.419 e. The van der Waals surface area contributed by atoms with Crippen LogP contribution in [-0.2, 0) is 16.1 Å². The number of anilines is 2. The van der Waals surface area contributed by atoms with E-state index in [2.05, 4.69) is 22.4 Å². The Balaban J connectivity index is 1.33. The molecule has 1 aromatic carbocycles. The minimum atomic E-state index is -0.114. The molecule has 0 atom stereocenters. The summed E-state index contributed by atoms with van der Waals surface area (Å²) in [5.74, 6) is 1.03. The molecule has 1 aliphatic rings. The monoisotopic (exact) mass is 439 g/mol. The van der Waals surface area contributed by atoms with Crippen LogP contribution in [0.4, 0.5) is 11.4 Å². The molecule has 0 aliphatic carbocycles. The standard InChI is InChI=1S/C22H25N5O3S/c1-2-11-26(15-20-24-25-22(30-20)18-5-4-13-31-18)14-19(28)23-16-7-9-17(10-8-16)27-12-3-6-21(27)29/h4-5,7-10,13H,2-3,6,11-12,14-15H2,1H3,(H,23,28). The zero-order chi connectivity index (χ0) is 21.6. The van der Waals surface area contributed by atoms with Crippen LogP contribution in [0.5, 0.6) is 0 Å². The second kappa shape index (κ2) is 9.84. The Morgan fingerprint density at radius 1 is 1.26 bits per heavy atom. The molecule has 1 saturated heterocycles. The van der Waals surface area contributed by atoms with E-state index in [0.29, 0.717) is 30.4 Å². The highest BCUT2D eigenvalue weighted by molar-refractivity contribution is 7.13. The van der Waals surface area contributed by atoms with Crippen LogP contribution in [-0.4, -0.2) is 46.5 Å². The Morgan fingerprint density at radius 2 is 2.10 bits per heavy atom. The van der Waals surface area contributed by atoms with Crippen LogP contribution in [0.25, 0.3) is 10.8 Å². The van der Waals surface area contributed by atoms with Gasteiger partial charge in [-0.3, -0.25) is 14.5 Å². The van der Waals surface area contributed by atoms with E-state index >= 15 is 0 Å². The third-order valence-corrected chi connectivity index (χ3v) is 5.86. The Labute approximate surface area is 184 Å². The molecule has 9 heteroatoms. The minimum Gasteiger partial charge on any atom is -0.419 e. The molecule has 1 aliphatic heterocycles. The van der Waals surface area contributed by atoms with E-state index in [1.807, 2.05) is 46.7 Å². The van der Waals surface area contributed by atoms with Gasteiger partial charge in [0.15, 0.2) is 0 Å². The SMILES string of the molecule is CCCN(CC(=O)Nc1ccc(N2CCCC2=O)cc1)Cc1nnc(-c2cccs2)o1. The van der Waals surface area contributed by atoms with Crippen molar-refractivity contribution in [3.8, 4) is 10.8 Å². The van der Waals surface area contributed by atoms with Gasteiger partial charge in [0.25, 0.3) is 5.89 Å². The van der Waals surface area contributed by atoms with Gasteiger partial charge in [0, 0.05) is 24.3 Å². The zero-order valence-corrected chi connectivity index (χ0v) is 18.2. The first-order valence-electron chi connectivity index (χ1n) is 10.4. The van der Waals surface area contributed by atoms with Gasteiger partial charge in [-0.25, -0.2) is 0 Å². The molecule has 2 amide bonds. The van der Waals surface area contributed by atoms with E-state index in [9.17, 15) is 9.59 Å². The molecule has 1 fully saturated rings. The van der Waals surface area contributed by atoms with Crippen molar-refractivity contribution >= 4 is 34.5 Å². The fourth-order valence-corrected chi connectivity index (χ4v) is 4.23. The number of rotatable bonds is 9. The molecule has 0 spiro atoms. The first-order valence-corrected chi connectivity index (χ1v) is 11.3. The maximum Gasteiger partial charge on any atom is 0.257 e. The van der Waals surface area contributed by atoms with Gasteiger partial charge in [0.1, 0.15) is 0 Å². The number of nitrogens with one attached hydrogen (secondary N) is 1. The number of amides is 2. The first-order chi connectivity index (χ1) is 15.1. The van der Waals surface area contributed by atoms with E-state index in [-0.39, 0.29) is 18.4 Å². The Morgan fingerprint density at radius 3 is 2.77 bits per heavy atom. The molecule has 4 rings (SSSR count). The summed E-state index contributed by atoms with van der Waals surface area (Å²) in [6.07, 6.45) is 2.39. The highest BCUT2D eigenvalue weighted by Gasteiger charge is 2.21. The lowest BCUT2D eigenvalue weighted by Crippen LogP contribution is -2.33. The highest BCUT2D eigenvalue weighted by atomic mass is 32.1. The molecule has 3 heterocycles. The summed E-state index contributed by atoms with van der Waals surface area (Å²) in [4.78, 5) is 29.2. The number of hydrogen-bond acceptors (Lipinski definition) is 7. The summed E-state index contributed by atoms with van der Waals surface area (Å²) in [6, 6.07) is 11.3. The summed E-state index contributed by atoms with van der Waals surface area (Å²) >= 11 is 1.54. The van der Waals surface area contributed by atoms with E-state index in [1.54, 1.807) is 16.2 Å². The fraction of sp³-hybridized carbons (Fsp3) is 0.364. The lowest BCUT2D eigenvalue weighted by molar-refractivity contribution is -0.118. The molecule has 0 radical (unpaired) electrons. The van der Waals surface area contributed by atoms with Crippen LogP contribution < -0.4 is 10.2 Å². The minimum absolute atomic E-state index is 0.114. The predicted molar refractivity (Wildman–Crippen MR) is 120 cm³/mol. The van der Waals surface area contributed by atoms with E-state index < -0.39 is 0 Å². The van der Waals surface area contributed by atoms with Crippen LogP contribution in [0.2, 0.25) is 0 Å². The number of hydrogen-bond donors (Lipinski definition) is 1. The summed E-state index contributed by atoms with van der Waals surface area (Å²) < 4.78 is 5.76. The topological polar surface area (TPSA) is 91.6 Å². The number of benzene rings is 1. The van der Waals surface area contributed by atoms with Gasteiger partial charge in [-0.05, 0) is 55.1 Å². The highest BCUT2D eigenvalue weighted by Crippen LogP contribution is 2.24. The quantitative estimate of drug-likeness (QED) is 0.546. The van der Waals surface area contributed by atoms with Gasteiger partial charge >= 0.3 is 0 Å². The maximum atomic E-state index is 12.6. The van der Waals surface area contributed by atoms with Crippen molar-refractivity contribution in [1.29, 1.82) is 0 Å². The molecule has 1 N–H and O–H groups in total. The molecular weight excluding hydrogens is 414 g/mol. The Kier molecular flexibility index (Phi) is 6.73. The lowest BCUT2D eigenvalue weighted by Gasteiger charge is -2.19. The van der Waals surface area contributed by atoms with Crippen LogP contribution in [0.15, 0.2) is 46.2 Å². The number of aromatic nitrogens is 2. The average molecular weight is 440 g/mol. The fourth-order valence-electron chi connectivity index (χ4n) is 3.59. The van der Waals surface area contributed by atoms with Crippen molar-refractivity contribution in [2.24, 2.45) is 0 Å².